The molecule has 0 bridgehead atoms. The molecule has 3 aromatic heterocycles. The molecule has 1 aromatic carbocycles. The summed E-state index contributed by atoms with van der Waals surface area (Å²) in [5, 5.41) is 4.70. The van der Waals surface area contributed by atoms with E-state index >= 15 is 0 Å². The van der Waals surface area contributed by atoms with Crippen LogP contribution < -0.4 is 0 Å². The lowest BCUT2D eigenvalue weighted by Gasteiger charge is -2.03. The van der Waals surface area contributed by atoms with Crippen LogP contribution in [0.1, 0.15) is 5.56 Å². The monoisotopic (exact) mass is 304 g/mol. The zero-order chi connectivity index (χ0) is 15.8. The summed E-state index contributed by atoms with van der Waals surface area (Å²) in [6.45, 7) is 1.98. The van der Waals surface area contributed by atoms with Crippen molar-refractivity contribution in [1.82, 2.24) is 19.6 Å². The van der Waals surface area contributed by atoms with Crippen LogP contribution in [0.4, 0.5) is 4.39 Å². The van der Waals surface area contributed by atoms with Gasteiger partial charge in [-0.2, -0.15) is 5.10 Å². The van der Waals surface area contributed by atoms with Crippen molar-refractivity contribution in [3.05, 3.63) is 72.4 Å². The van der Waals surface area contributed by atoms with E-state index < -0.39 is 0 Å². The molecule has 0 saturated heterocycles. The SMILES string of the molecule is Cc1c(-c2ccc(F)cc2)nn2c(-c3ccncc3)ccnc12. The van der Waals surface area contributed by atoms with Crippen LogP contribution in [0.25, 0.3) is 28.2 Å². The maximum Gasteiger partial charge on any atom is 0.159 e. The van der Waals surface area contributed by atoms with Crippen LogP contribution in [0, 0.1) is 12.7 Å². The summed E-state index contributed by atoms with van der Waals surface area (Å²) in [5.41, 5.74) is 5.38. The summed E-state index contributed by atoms with van der Waals surface area (Å²) in [7, 11) is 0. The fourth-order valence-corrected chi connectivity index (χ4v) is 2.68. The van der Waals surface area contributed by atoms with Gasteiger partial charge in [0.25, 0.3) is 0 Å². The zero-order valence-corrected chi connectivity index (χ0v) is 12.4. The molecule has 3 heterocycles. The van der Waals surface area contributed by atoms with E-state index in [4.69, 9.17) is 5.10 Å². The smallest absolute Gasteiger partial charge is 0.159 e. The normalized spacial score (nSPS) is 11.0. The highest BCUT2D eigenvalue weighted by molar-refractivity contribution is 5.72. The zero-order valence-electron chi connectivity index (χ0n) is 12.4. The summed E-state index contributed by atoms with van der Waals surface area (Å²) in [6, 6.07) is 12.1. The summed E-state index contributed by atoms with van der Waals surface area (Å²) < 4.78 is 15.0. The van der Waals surface area contributed by atoms with Crippen molar-refractivity contribution < 1.29 is 4.39 Å². The van der Waals surface area contributed by atoms with Crippen LogP contribution in [0.5, 0.6) is 0 Å². The second kappa shape index (κ2) is 5.28. The Hall–Kier alpha value is -3.08. The first-order chi connectivity index (χ1) is 11.2. The van der Waals surface area contributed by atoms with Gasteiger partial charge in [0.1, 0.15) is 5.82 Å². The van der Waals surface area contributed by atoms with Crippen molar-refractivity contribution >= 4 is 5.65 Å². The molecule has 0 atom stereocenters. The van der Waals surface area contributed by atoms with Crippen LogP contribution in [0.15, 0.2) is 61.1 Å². The van der Waals surface area contributed by atoms with E-state index in [-0.39, 0.29) is 5.82 Å². The van der Waals surface area contributed by atoms with Crippen molar-refractivity contribution in [2.24, 2.45) is 0 Å². The Bertz CT molecular complexity index is 975. The van der Waals surface area contributed by atoms with E-state index in [1.165, 1.54) is 12.1 Å². The molecule has 4 nitrogen and oxygen atoms in total. The Morgan fingerprint density at radius 2 is 1.61 bits per heavy atom. The molecule has 0 aliphatic carbocycles. The number of halogens is 1. The number of nitrogens with zero attached hydrogens (tertiary/aromatic N) is 4. The highest BCUT2D eigenvalue weighted by atomic mass is 19.1. The number of benzene rings is 1. The van der Waals surface area contributed by atoms with Crippen LogP contribution in [-0.4, -0.2) is 19.6 Å². The number of fused-ring (bicyclic) bond motifs is 1. The molecule has 0 aliphatic rings. The Morgan fingerprint density at radius 1 is 0.870 bits per heavy atom. The van der Waals surface area contributed by atoms with Crippen molar-refractivity contribution in [1.29, 1.82) is 0 Å². The summed E-state index contributed by atoms with van der Waals surface area (Å²) in [5.74, 6) is -0.259. The Balaban J connectivity index is 1.96. The van der Waals surface area contributed by atoms with E-state index in [1.54, 1.807) is 30.7 Å². The number of rotatable bonds is 2. The Kier molecular flexibility index (Phi) is 3.12. The van der Waals surface area contributed by atoms with Gasteiger partial charge in [0.15, 0.2) is 5.65 Å². The molecular weight excluding hydrogens is 291 g/mol. The molecular formula is C18H13FN4. The fraction of sp³-hybridized carbons (Fsp3) is 0.0556. The van der Waals surface area contributed by atoms with Gasteiger partial charge in [0.2, 0.25) is 0 Å². The van der Waals surface area contributed by atoms with E-state index in [2.05, 4.69) is 9.97 Å². The highest BCUT2D eigenvalue weighted by Crippen LogP contribution is 2.27. The molecule has 112 valence electrons. The highest BCUT2D eigenvalue weighted by Gasteiger charge is 2.14. The third-order valence-electron chi connectivity index (χ3n) is 3.84. The van der Waals surface area contributed by atoms with Crippen LogP contribution in [-0.2, 0) is 0 Å². The van der Waals surface area contributed by atoms with Gasteiger partial charge in [-0.15, -0.1) is 0 Å². The van der Waals surface area contributed by atoms with Gasteiger partial charge in [-0.05, 0) is 49.4 Å². The predicted octanol–water partition coefficient (Wildman–Crippen LogP) is 3.91. The number of hydrogen-bond acceptors (Lipinski definition) is 3. The minimum atomic E-state index is -0.259. The van der Waals surface area contributed by atoms with Gasteiger partial charge in [-0.25, -0.2) is 13.9 Å². The number of aryl methyl sites for hydroxylation is 1. The van der Waals surface area contributed by atoms with Gasteiger partial charge in [-0.1, -0.05) is 0 Å². The van der Waals surface area contributed by atoms with Gasteiger partial charge in [-0.3, -0.25) is 4.98 Å². The Labute approximate surface area is 132 Å². The van der Waals surface area contributed by atoms with E-state index in [1.807, 2.05) is 29.6 Å². The largest absolute Gasteiger partial charge is 0.265 e. The molecule has 0 amide bonds. The van der Waals surface area contributed by atoms with Crippen molar-refractivity contribution in [2.45, 2.75) is 6.92 Å². The predicted molar refractivity (Wildman–Crippen MR) is 86.3 cm³/mol. The van der Waals surface area contributed by atoms with Crippen LogP contribution >= 0.6 is 0 Å². The van der Waals surface area contributed by atoms with Crippen molar-refractivity contribution in [3.8, 4) is 22.5 Å². The molecule has 5 heteroatoms. The molecule has 23 heavy (non-hydrogen) atoms. The van der Waals surface area contributed by atoms with Gasteiger partial charge in [0, 0.05) is 35.3 Å². The number of pyridine rings is 1. The minimum absolute atomic E-state index is 0.259. The molecule has 0 unspecified atom stereocenters. The first-order valence-electron chi connectivity index (χ1n) is 7.25. The molecule has 4 aromatic rings. The first kappa shape index (κ1) is 13.6. The molecule has 0 spiro atoms. The van der Waals surface area contributed by atoms with Gasteiger partial charge in [0.05, 0.1) is 11.4 Å². The van der Waals surface area contributed by atoms with Crippen molar-refractivity contribution in [3.63, 3.8) is 0 Å². The van der Waals surface area contributed by atoms with E-state index in [0.29, 0.717) is 0 Å². The molecule has 0 saturated carbocycles. The first-order valence-corrected chi connectivity index (χ1v) is 7.25. The maximum atomic E-state index is 13.1. The number of hydrogen-bond donors (Lipinski definition) is 0. The molecule has 0 aliphatic heterocycles. The standard InChI is InChI=1S/C18H13FN4/c1-12-17(14-2-4-15(19)5-3-14)22-23-16(8-11-21-18(12)23)13-6-9-20-10-7-13/h2-11H,1H3. The lowest BCUT2D eigenvalue weighted by Crippen LogP contribution is -1.95. The average molecular weight is 304 g/mol. The van der Waals surface area contributed by atoms with Crippen LogP contribution in [0.3, 0.4) is 0 Å². The van der Waals surface area contributed by atoms with E-state index in [0.717, 1.165) is 33.7 Å². The second-order valence-corrected chi connectivity index (χ2v) is 5.28. The third kappa shape index (κ3) is 2.26. The fourth-order valence-electron chi connectivity index (χ4n) is 2.68. The average Bonchev–Trinajstić information content (AvgIpc) is 2.93. The maximum absolute atomic E-state index is 13.1. The van der Waals surface area contributed by atoms with E-state index in [9.17, 15) is 4.39 Å². The van der Waals surface area contributed by atoms with Gasteiger partial charge >= 0.3 is 0 Å². The lowest BCUT2D eigenvalue weighted by atomic mass is 10.1. The number of aromatic nitrogens is 4. The lowest BCUT2D eigenvalue weighted by molar-refractivity contribution is 0.628. The Morgan fingerprint density at radius 3 is 2.35 bits per heavy atom. The summed E-state index contributed by atoms with van der Waals surface area (Å²) >= 11 is 0. The topological polar surface area (TPSA) is 43.1 Å². The summed E-state index contributed by atoms with van der Waals surface area (Å²) in [4.78, 5) is 8.49. The molecule has 0 N–H and O–H groups in total. The molecule has 0 radical (unpaired) electrons. The molecule has 0 fully saturated rings. The third-order valence-corrected chi connectivity index (χ3v) is 3.84. The minimum Gasteiger partial charge on any atom is -0.265 e. The molecule has 4 rings (SSSR count). The second-order valence-electron chi connectivity index (χ2n) is 5.28. The van der Waals surface area contributed by atoms with Gasteiger partial charge < -0.3 is 0 Å². The summed E-state index contributed by atoms with van der Waals surface area (Å²) in [6.07, 6.45) is 5.27. The van der Waals surface area contributed by atoms with Crippen LogP contribution in [0.2, 0.25) is 0 Å². The van der Waals surface area contributed by atoms with Crippen molar-refractivity contribution in [2.75, 3.05) is 0 Å². The quantitative estimate of drug-likeness (QED) is 0.564.